The van der Waals surface area contributed by atoms with Gasteiger partial charge in [-0.15, -0.1) is 0 Å². The van der Waals surface area contributed by atoms with Crippen LogP contribution in [0.15, 0.2) is 42.6 Å². The summed E-state index contributed by atoms with van der Waals surface area (Å²) in [6.07, 6.45) is 1.59. The Labute approximate surface area is 105 Å². The fraction of sp³-hybridized carbons (Fsp3) is 0.154. The van der Waals surface area contributed by atoms with Gasteiger partial charge in [0.1, 0.15) is 5.75 Å². The van der Waals surface area contributed by atoms with Crippen LogP contribution in [0.4, 0.5) is 0 Å². The lowest BCUT2D eigenvalue weighted by molar-refractivity contribution is 0.407. The topological polar surface area (TPSA) is 48.1 Å². The largest absolute Gasteiger partial charge is 0.496 e. The molecule has 1 atom stereocenters. The van der Waals surface area contributed by atoms with Crippen molar-refractivity contribution in [1.29, 1.82) is 0 Å². The van der Waals surface area contributed by atoms with E-state index in [2.05, 4.69) is 4.98 Å². The minimum absolute atomic E-state index is 0.316. The van der Waals surface area contributed by atoms with E-state index in [9.17, 15) is 0 Å². The second kappa shape index (κ2) is 5.17. The number of methoxy groups -OCH3 is 1. The Morgan fingerprint density at radius 2 is 2.00 bits per heavy atom. The molecule has 0 fully saturated rings. The summed E-state index contributed by atoms with van der Waals surface area (Å²) in [5.74, 6) is 0.761. The van der Waals surface area contributed by atoms with Gasteiger partial charge in [-0.3, -0.25) is 4.98 Å². The summed E-state index contributed by atoms with van der Waals surface area (Å²) in [7, 11) is 1.63. The number of para-hydroxylation sites is 1. The van der Waals surface area contributed by atoms with Crippen LogP contribution in [0.25, 0.3) is 0 Å². The van der Waals surface area contributed by atoms with Crippen LogP contribution in [0, 0.1) is 0 Å². The molecule has 2 N–H and O–H groups in total. The van der Waals surface area contributed by atoms with Gasteiger partial charge >= 0.3 is 0 Å². The summed E-state index contributed by atoms with van der Waals surface area (Å²) in [6.45, 7) is 0. The number of hydrogen-bond donors (Lipinski definition) is 1. The van der Waals surface area contributed by atoms with E-state index < -0.39 is 0 Å². The molecule has 4 heteroatoms. The molecule has 17 heavy (non-hydrogen) atoms. The van der Waals surface area contributed by atoms with Crippen LogP contribution in [0.2, 0.25) is 5.02 Å². The zero-order valence-electron chi connectivity index (χ0n) is 9.43. The quantitative estimate of drug-likeness (QED) is 0.909. The second-order valence-corrected chi connectivity index (χ2v) is 4.06. The SMILES string of the molecule is COc1ccccc1C(N)c1ccc(Cl)cn1. The van der Waals surface area contributed by atoms with Gasteiger partial charge in [0, 0.05) is 11.8 Å². The van der Waals surface area contributed by atoms with E-state index in [1.165, 1.54) is 0 Å². The van der Waals surface area contributed by atoms with Crippen LogP contribution >= 0.6 is 11.6 Å². The molecule has 1 aromatic carbocycles. The Morgan fingerprint density at radius 1 is 1.24 bits per heavy atom. The molecule has 0 radical (unpaired) electrons. The van der Waals surface area contributed by atoms with E-state index in [1.807, 2.05) is 30.3 Å². The van der Waals surface area contributed by atoms with Crippen LogP contribution in [-0.4, -0.2) is 12.1 Å². The molecule has 0 bridgehead atoms. The second-order valence-electron chi connectivity index (χ2n) is 3.62. The molecular formula is C13H13ClN2O. The first kappa shape index (κ1) is 11.9. The van der Waals surface area contributed by atoms with Crippen molar-refractivity contribution in [3.05, 3.63) is 58.9 Å². The molecule has 2 rings (SSSR count). The summed E-state index contributed by atoms with van der Waals surface area (Å²) < 4.78 is 5.28. The molecule has 1 heterocycles. The van der Waals surface area contributed by atoms with Crippen molar-refractivity contribution in [2.75, 3.05) is 7.11 Å². The van der Waals surface area contributed by atoms with Crippen molar-refractivity contribution in [1.82, 2.24) is 4.98 Å². The van der Waals surface area contributed by atoms with Crippen LogP contribution < -0.4 is 10.5 Å². The summed E-state index contributed by atoms with van der Waals surface area (Å²) in [4.78, 5) is 4.22. The van der Waals surface area contributed by atoms with Gasteiger partial charge in [-0.2, -0.15) is 0 Å². The number of nitrogens with two attached hydrogens (primary N) is 1. The van der Waals surface area contributed by atoms with Gasteiger partial charge in [0.05, 0.1) is 23.9 Å². The van der Waals surface area contributed by atoms with Crippen molar-refractivity contribution >= 4 is 11.6 Å². The highest BCUT2D eigenvalue weighted by molar-refractivity contribution is 6.30. The third-order valence-electron chi connectivity index (χ3n) is 2.54. The van der Waals surface area contributed by atoms with Crippen molar-refractivity contribution in [2.45, 2.75) is 6.04 Å². The van der Waals surface area contributed by atoms with E-state index in [1.54, 1.807) is 19.4 Å². The minimum Gasteiger partial charge on any atom is -0.496 e. The molecule has 0 saturated heterocycles. The summed E-state index contributed by atoms with van der Waals surface area (Å²) >= 11 is 5.79. The fourth-order valence-electron chi connectivity index (χ4n) is 1.65. The molecule has 0 aliphatic heterocycles. The van der Waals surface area contributed by atoms with Crippen molar-refractivity contribution in [3.63, 3.8) is 0 Å². The van der Waals surface area contributed by atoms with Gasteiger partial charge in [0.15, 0.2) is 0 Å². The van der Waals surface area contributed by atoms with Gasteiger partial charge in [0.25, 0.3) is 0 Å². The van der Waals surface area contributed by atoms with Crippen LogP contribution in [0.3, 0.4) is 0 Å². The lowest BCUT2D eigenvalue weighted by atomic mass is 10.0. The van der Waals surface area contributed by atoms with Crippen LogP contribution in [-0.2, 0) is 0 Å². The molecule has 0 aliphatic carbocycles. The molecule has 3 nitrogen and oxygen atoms in total. The predicted octanol–water partition coefficient (Wildman–Crippen LogP) is 2.79. The molecular weight excluding hydrogens is 236 g/mol. The first-order chi connectivity index (χ1) is 8.22. The van der Waals surface area contributed by atoms with E-state index in [4.69, 9.17) is 22.1 Å². The molecule has 88 valence electrons. The zero-order chi connectivity index (χ0) is 12.3. The Balaban J connectivity index is 2.36. The van der Waals surface area contributed by atoms with E-state index in [0.717, 1.165) is 17.0 Å². The summed E-state index contributed by atoms with van der Waals surface area (Å²) in [6, 6.07) is 10.9. The zero-order valence-corrected chi connectivity index (χ0v) is 10.2. The third-order valence-corrected chi connectivity index (χ3v) is 2.77. The lowest BCUT2D eigenvalue weighted by Crippen LogP contribution is -2.14. The molecule has 0 aliphatic rings. The Kier molecular flexibility index (Phi) is 3.61. The van der Waals surface area contributed by atoms with Gasteiger partial charge in [0.2, 0.25) is 0 Å². The summed E-state index contributed by atoms with van der Waals surface area (Å²) in [5, 5.41) is 0.598. The van der Waals surface area contributed by atoms with Crippen molar-refractivity contribution in [3.8, 4) is 5.75 Å². The maximum absolute atomic E-state index is 6.16. The molecule has 0 amide bonds. The smallest absolute Gasteiger partial charge is 0.124 e. The highest BCUT2D eigenvalue weighted by Gasteiger charge is 2.14. The Hall–Kier alpha value is -1.58. The molecule has 0 saturated carbocycles. The standard InChI is InChI=1S/C13H13ClN2O/c1-17-12-5-3-2-4-10(12)13(15)11-7-6-9(14)8-16-11/h2-8,13H,15H2,1H3. The van der Waals surface area contributed by atoms with Crippen molar-refractivity contribution in [2.24, 2.45) is 5.73 Å². The van der Waals surface area contributed by atoms with Crippen LogP contribution in [0.5, 0.6) is 5.75 Å². The maximum atomic E-state index is 6.16. The van der Waals surface area contributed by atoms with Crippen molar-refractivity contribution < 1.29 is 4.74 Å². The number of halogens is 1. The number of ether oxygens (including phenoxy) is 1. The number of aromatic nitrogens is 1. The molecule has 1 unspecified atom stereocenters. The average Bonchev–Trinajstić information content (AvgIpc) is 2.39. The number of rotatable bonds is 3. The molecule has 2 aromatic rings. The summed E-state index contributed by atoms with van der Waals surface area (Å²) in [5.41, 5.74) is 7.83. The molecule has 0 spiro atoms. The number of hydrogen-bond acceptors (Lipinski definition) is 3. The number of benzene rings is 1. The van der Waals surface area contributed by atoms with Crippen LogP contribution in [0.1, 0.15) is 17.3 Å². The first-order valence-corrected chi connectivity index (χ1v) is 5.60. The van der Waals surface area contributed by atoms with E-state index in [-0.39, 0.29) is 6.04 Å². The van der Waals surface area contributed by atoms with E-state index in [0.29, 0.717) is 5.02 Å². The highest BCUT2D eigenvalue weighted by atomic mass is 35.5. The Bertz CT molecular complexity index is 499. The normalized spacial score (nSPS) is 12.2. The number of pyridine rings is 1. The van der Waals surface area contributed by atoms with Gasteiger partial charge < -0.3 is 10.5 Å². The monoisotopic (exact) mass is 248 g/mol. The first-order valence-electron chi connectivity index (χ1n) is 5.22. The Morgan fingerprint density at radius 3 is 2.65 bits per heavy atom. The highest BCUT2D eigenvalue weighted by Crippen LogP contribution is 2.27. The van der Waals surface area contributed by atoms with Gasteiger partial charge in [-0.25, -0.2) is 0 Å². The molecule has 1 aromatic heterocycles. The maximum Gasteiger partial charge on any atom is 0.124 e. The van der Waals surface area contributed by atoms with Gasteiger partial charge in [-0.05, 0) is 18.2 Å². The lowest BCUT2D eigenvalue weighted by Gasteiger charge is -2.15. The van der Waals surface area contributed by atoms with Gasteiger partial charge in [-0.1, -0.05) is 29.8 Å². The van der Waals surface area contributed by atoms with E-state index >= 15 is 0 Å². The minimum atomic E-state index is -0.316. The average molecular weight is 249 g/mol. The fourth-order valence-corrected chi connectivity index (χ4v) is 1.77. The third kappa shape index (κ3) is 2.57. The predicted molar refractivity (Wildman–Crippen MR) is 68.3 cm³/mol. The number of nitrogens with zero attached hydrogens (tertiary/aromatic N) is 1.